The number of sulfonamides is 1. The minimum absolute atomic E-state index is 0.0927. The Balaban J connectivity index is 1.96. The number of nitrogens with zero attached hydrogens (tertiary/aromatic N) is 1. The molecule has 0 saturated carbocycles. The number of nitrogens with two attached hydrogens (primary N) is 1. The molecular formula is C15H13N3O2S. The molecule has 1 aromatic heterocycles. The van der Waals surface area contributed by atoms with Crippen LogP contribution in [0.25, 0.3) is 10.8 Å². The number of pyridine rings is 1. The second kappa shape index (κ2) is 5.16. The van der Waals surface area contributed by atoms with Gasteiger partial charge in [0.1, 0.15) is 0 Å². The van der Waals surface area contributed by atoms with Gasteiger partial charge in [-0.2, -0.15) is 0 Å². The van der Waals surface area contributed by atoms with E-state index in [1.807, 2.05) is 24.3 Å². The molecule has 2 aromatic carbocycles. The van der Waals surface area contributed by atoms with Crippen LogP contribution in [0.15, 0.2) is 65.8 Å². The maximum Gasteiger partial charge on any atom is 0.238 e. The lowest BCUT2D eigenvalue weighted by Crippen LogP contribution is -2.11. The summed E-state index contributed by atoms with van der Waals surface area (Å²) in [6, 6.07) is 14.1. The van der Waals surface area contributed by atoms with Gasteiger partial charge in [-0.15, -0.1) is 0 Å². The number of benzene rings is 2. The normalized spacial score (nSPS) is 11.5. The number of rotatable bonds is 3. The van der Waals surface area contributed by atoms with Crippen LogP contribution in [-0.4, -0.2) is 13.4 Å². The van der Waals surface area contributed by atoms with Gasteiger partial charge in [-0.3, -0.25) is 4.98 Å². The molecule has 0 fully saturated rings. The molecule has 0 radical (unpaired) electrons. The third kappa shape index (κ3) is 2.86. The summed E-state index contributed by atoms with van der Waals surface area (Å²) in [6.07, 6.45) is 3.53. The molecule has 0 atom stereocenters. The standard InChI is InChI=1S/C15H13N3O2S/c16-21(19,20)13-6-4-12(5-7-13)18-15-3-1-2-11-10-17-9-8-14(11)15/h1-10,18H,(H2,16,19,20). The summed E-state index contributed by atoms with van der Waals surface area (Å²) in [7, 11) is -3.66. The van der Waals surface area contributed by atoms with Gasteiger partial charge >= 0.3 is 0 Å². The third-order valence-corrected chi connectivity index (χ3v) is 4.07. The third-order valence-electron chi connectivity index (χ3n) is 3.14. The summed E-state index contributed by atoms with van der Waals surface area (Å²) in [6.45, 7) is 0. The van der Waals surface area contributed by atoms with Crippen molar-refractivity contribution in [2.45, 2.75) is 4.90 Å². The molecule has 0 aliphatic heterocycles. The van der Waals surface area contributed by atoms with E-state index < -0.39 is 10.0 Å². The summed E-state index contributed by atoms with van der Waals surface area (Å²) in [5.41, 5.74) is 1.71. The van der Waals surface area contributed by atoms with Crippen molar-refractivity contribution in [1.29, 1.82) is 0 Å². The van der Waals surface area contributed by atoms with Crippen LogP contribution in [0.4, 0.5) is 11.4 Å². The van der Waals surface area contributed by atoms with E-state index in [0.717, 1.165) is 22.1 Å². The Kier molecular flexibility index (Phi) is 3.32. The van der Waals surface area contributed by atoms with Crippen LogP contribution in [0.1, 0.15) is 0 Å². The fraction of sp³-hybridized carbons (Fsp3) is 0. The molecule has 3 rings (SSSR count). The summed E-state index contributed by atoms with van der Waals surface area (Å²) >= 11 is 0. The van der Waals surface area contributed by atoms with E-state index in [4.69, 9.17) is 5.14 Å². The van der Waals surface area contributed by atoms with Crippen LogP contribution in [0.3, 0.4) is 0 Å². The van der Waals surface area contributed by atoms with Crippen molar-refractivity contribution in [2.24, 2.45) is 5.14 Å². The predicted octanol–water partition coefficient (Wildman–Crippen LogP) is 2.63. The maximum absolute atomic E-state index is 11.2. The van der Waals surface area contributed by atoms with E-state index in [1.54, 1.807) is 24.5 Å². The van der Waals surface area contributed by atoms with Crippen LogP contribution in [0.2, 0.25) is 0 Å². The topological polar surface area (TPSA) is 85.1 Å². The van der Waals surface area contributed by atoms with Crippen molar-refractivity contribution in [3.05, 3.63) is 60.9 Å². The van der Waals surface area contributed by atoms with E-state index in [1.165, 1.54) is 12.1 Å². The smallest absolute Gasteiger partial charge is 0.238 e. The molecule has 0 amide bonds. The Bertz CT molecular complexity index is 885. The molecule has 5 nitrogen and oxygen atoms in total. The minimum Gasteiger partial charge on any atom is -0.355 e. The Morgan fingerprint density at radius 2 is 1.76 bits per heavy atom. The first-order valence-electron chi connectivity index (χ1n) is 6.27. The van der Waals surface area contributed by atoms with Crippen molar-refractivity contribution in [3.8, 4) is 0 Å². The molecular weight excluding hydrogens is 286 g/mol. The van der Waals surface area contributed by atoms with Gasteiger partial charge in [0.25, 0.3) is 0 Å². The highest BCUT2D eigenvalue weighted by molar-refractivity contribution is 7.89. The average molecular weight is 299 g/mol. The van der Waals surface area contributed by atoms with Gasteiger partial charge in [0.15, 0.2) is 0 Å². The minimum atomic E-state index is -3.66. The van der Waals surface area contributed by atoms with Gasteiger partial charge in [0.2, 0.25) is 10.0 Å². The van der Waals surface area contributed by atoms with Gasteiger partial charge in [-0.05, 0) is 36.4 Å². The fourth-order valence-electron chi connectivity index (χ4n) is 2.11. The molecule has 3 aromatic rings. The van der Waals surface area contributed by atoms with Crippen molar-refractivity contribution in [2.75, 3.05) is 5.32 Å². The molecule has 0 unspecified atom stereocenters. The van der Waals surface area contributed by atoms with E-state index in [2.05, 4.69) is 10.3 Å². The first-order valence-corrected chi connectivity index (χ1v) is 7.81. The summed E-state index contributed by atoms with van der Waals surface area (Å²) in [5.74, 6) is 0. The Morgan fingerprint density at radius 1 is 1.00 bits per heavy atom. The quantitative estimate of drug-likeness (QED) is 0.778. The average Bonchev–Trinajstić information content (AvgIpc) is 2.47. The molecule has 106 valence electrons. The molecule has 1 heterocycles. The van der Waals surface area contributed by atoms with Crippen molar-refractivity contribution in [3.63, 3.8) is 0 Å². The van der Waals surface area contributed by atoms with Gasteiger partial charge in [0.05, 0.1) is 4.90 Å². The Hall–Kier alpha value is -2.44. The second-order valence-corrected chi connectivity index (χ2v) is 6.16. The monoisotopic (exact) mass is 299 g/mol. The number of fused-ring (bicyclic) bond motifs is 1. The van der Waals surface area contributed by atoms with Crippen LogP contribution in [-0.2, 0) is 10.0 Å². The Morgan fingerprint density at radius 3 is 2.48 bits per heavy atom. The van der Waals surface area contributed by atoms with E-state index in [9.17, 15) is 8.42 Å². The molecule has 3 N–H and O–H groups in total. The van der Waals surface area contributed by atoms with Crippen LogP contribution in [0, 0.1) is 0 Å². The van der Waals surface area contributed by atoms with Crippen LogP contribution in [0.5, 0.6) is 0 Å². The Labute approximate surface area is 122 Å². The zero-order chi connectivity index (χ0) is 14.9. The largest absolute Gasteiger partial charge is 0.355 e. The lowest BCUT2D eigenvalue weighted by Gasteiger charge is -2.10. The first kappa shape index (κ1) is 13.5. The highest BCUT2D eigenvalue weighted by Gasteiger charge is 2.07. The van der Waals surface area contributed by atoms with E-state index >= 15 is 0 Å². The molecule has 0 aliphatic carbocycles. The number of hydrogen-bond donors (Lipinski definition) is 2. The second-order valence-electron chi connectivity index (χ2n) is 4.60. The summed E-state index contributed by atoms with van der Waals surface area (Å²) in [5, 5.41) is 10.4. The lowest BCUT2D eigenvalue weighted by molar-refractivity contribution is 0.598. The van der Waals surface area contributed by atoms with Gasteiger partial charge < -0.3 is 5.32 Å². The molecule has 0 bridgehead atoms. The number of hydrogen-bond acceptors (Lipinski definition) is 4. The number of anilines is 2. The fourth-order valence-corrected chi connectivity index (χ4v) is 2.63. The van der Waals surface area contributed by atoms with Crippen molar-refractivity contribution in [1.82, 2.24) is 4.98 Å². The highest BCUT2D eigenvalue weighted by Crippen LogP contribution is 2.26. The number of nitrogens with one attached hydrogen (secondary N) is 1. The molecule has 0 aliphatic rings. The van der Waals surface area contributed by atoms with Crippen LogP contribution < -0.4 is 10.5 Å². The van der Waals surface area contributed by atoms with Crippen LogP contribution >= 0.6 is 0 Å². The van der Waals surface area contributed by atoms with Crippen molar-refractivity contribution >= 4 is 32.2 Å². The summed E-state index contributed by atoms with van der Waals surface area (Å²) < 4.78 is 22.5. The zero-order valence-electron chi connectivity index (χ0n) is 11.0. The highest BCUT2D eigenvalue weighted by atomic mass is 32.2. The molecule has 0 spiro atoms. The SMILES string of the molecule is NS(=O)(=O)c1ccc(Nc2cccc3cnccc23)cc1. The molecule has 6 heteroatoms. The summed E-state index contributed by atoms with van der Waals surface area (Å²) in [4.78, 5) is 4.18. The molecule has 21 heavy (non-hydrogen) atoms. The van der Waals surface area contributed by atoms with Gasteiger partial charge in [-0.1, -0.05) is 12.1 Å². The van der Waals surface area contributed by atoms with Gasteiger partial charge in [0, 0.05) is 34.5 Å². The van der Waals surface area contributed by atoms with Crippen molar-refractivity contribution < 1.29 is 8.42 Å². The lowest BCUT2D eigenvalue weighted by atomic mass is 10.1. The predicted molar refractivity (Wildman–Crippen MR) is 82.8 cm³/mol. The van der Waals surface area contributed by atoms with E-state index in [-0.39, 0.29) is 4.90 Å². The number of aromatic nitrogens is 1. The van der Waals surface area contributed by atoms with Gasteiger partial charge in [-0.25, -0.2) is 13.6 Å². The van der Waals surface area contributed by atoms with E-state index in [0.29, 0.717) is 0 Å². The number of primary sulfonamides is 1. The maximum atomic E-state index is 11.2. The zero-order valence-corrected chi connectivity index (χ0v) is 11.8. The first-order chi connectivity index (χ1) is 10.0. The molecule has 0 saturated heterocycles.